The van der Waals surface area contributed by atoms with Crippen molar-refractivity contribution in [3.63, 3.8) is 0 Å². The van der Waals surface area contributed by atoms with Crippen LogP contribution in [0.2, 0.25) is 0 Å². The standard InChI is InChI=1S/C7H7NO3.C6H10O/c8-4-1-2-6(9)5(3-4)7(10)11;1-3-5-7-6-4-2/h1-3,9H,8H2,(H,10,11);3-4H,1-2,5-6H2. The lowest BCUT2D eigenvalue weighted by molar-refractivity contribution is 0.0694. The molecule has 0 aliphatic rings. The zero-order valence-electron chi connectivity index (χ0n) is 10.0. The van der Waals surface area contributed by atoms with Gasteiger partial charge in [0.1, 0.15) is 11.3 Å². The Bertz CT molecular complexity index is 407. The normalized spacial score (nSPS) is 8.89. The highest BCUT2D eigenvalue weighted by Gasteiger charge is 2.08. The van der Waals surface area contributed by atoms with Crippen LogP contribution in [0.3, 0.4) is 0 Å². The Labute approximate surface area is 106 Å². The van der Waals surface area contributed by atoms with Crippen molar-refractivity contribution in [1.29, 1.82) is 0 Å². The maximum Gasteiger partial charge on any atom is 0.339 e. The molecule has 0 heterocycles. The van der Waals surface area contributed by atoms with Crippen LogP contribution in [0.1, 0.15) is 10.4 Å². The van der Waals surface area contributed by atoms with E-state index < -0.39 is 5.97 Å². The number of anilines is 1. The summed E-state index contributed by atoms with van der Waals surface area (Å²) in [5.74, 6) is -1.46. The summed E-state index contributed by atoms with van der Waals surface area (Å²) in [6, 6.07) is 3.89. The van der Waals surface area contributed by atoms with Gasteiger partial charge in [-0.25, -0.2) is 4.79 Å². The molecular formula is C13H17NO4. The smallest absolute Gasteiger partial charge is 0.339 e. The molecule has 0 amide bonds. The molecule has 4 N–H and O–H groups in total. The number of aromatic carboxylic acids is 1. The largest absolute Gasteiger partial charge is 0.507 e. The van der Waals surface area contributed by atoms with Gasteiger partial charge in [-0.05, 0) is 18.2 Å². The van der Waals surface area contributed by atoms with Crippen molar-refractivity contribution in [1.82, 2.24) is 0 Å². The minimum atomic E-state index is -1.19. The molecule has 5 heteroatoms. The molecule has 0 spiro atoms. The molecule has 0 saturated carbocycles. The van der Waals surface area contributed by atoms with E-state index in [0.29, 0.717) is 18.9 Å². The monoisotopic (exact) mass is 251 g/mol. The van der Waals surface area contributed by atoms with E-state index in [2.05, 4.69) is 13.2 Å². The van der Waals surface area contributed by atoms with Gasteiger partial charge in [-0.1, -0.05) is 12.2 Å². The second-order valence-corrected chi connectivity index (χ2v) is 3.20. The van der Waals surface area contributed by atoms with E-state index >= 15 is 0 Å². The van der Waals surface area contributed by atoms with Gasteiger partial charge in [0.05, 0.1) is 13.2 Å². The van der Waals surface area contributed by atoms with Crippen LogP contribution in [-0.4, -0.2) is 29.4 Å². The third-order valence-electron chi connectivity index (χ3n) is 1.72. The first-order valence-corrected chi connectivity index (χ1v) is 5.14. The van der Waals surface area contributed by atoms with Crippen LogP contribution in [0, 0.1) is 0 Å². The second-order valence-electron chi connectivity index (χ2n) is 3.20. The summed E-state index contributed by atoms with van der Waals surface area (Å²) in [7, 11) is 0. The van der Waals surface area contributed by atoms with E-state index in [4.69, 9.17) is 20.7 Å². The van der Waals surface area contributed by atoms with Gasteiger partial charge in [-0.2, -0.15) is 0 Å². The van der Waals surface area contributed by atoms with E-state index in [-0.39, 0.29) is 11.3 Å². The number of nitrogens with two attached hydrogens (primary N) is 1. The average molecular weight is 251 g/mol. The van der Waals surface area contributed by atoms with Crippen LogP contribution in [0.4, 0.5) is 5.69 Å². The maximum absolute atomic E-state index is 10.4. The van der Waals surface area contributed by atoms with E-state index in [1.165, 1.54) is 18.2 Å². The summed E-state index contributed by atoms with van der Waals surface area (Å²) in [5.41, 5.74) is 5.43. The summed E-state index contributed by atoms with van der Waals surface area (Å²) in [5, 5.41) is 17.4. The second kappa shape index (κ2) is 8.83. The van der Waals surface area contributed by atoms with Gasteiger partial charge in [0.2, 0.25) is 0 Å². The Morgan fingerprint density at radius 2 is 1.89 bits per heavy atom. The summed E-state index contributed by atoms with van der Waals surface area (Å²) in [4.78, 5) is 10.4. The fourth-order valence-corrected chi connectivity index (χ4v) is 0.960. The third kappa shape index (κ3) is 6.34. The highest BCUT2D eigenvalue weighted by molar-refractivity contribution is 5.91. The molecule has 98 valence electrons. The topological polar surface area (TPSA) is 92.8 Å². The van der Waals surface area contributed by atoms with Gasteiger partial charge in [-0.3, -0.25) is 0 Å². The number of aromatic hydroxyl groups is 1. The van der Waals surface area contributed by atoms with Crippen molar-refractivity contribution in [3.05, 3.63) is 49.1 Å². The molecule has 0 radical (unpaired) electrons. The van der Waals surface area contributed by atoms with Gasteiger partial charge in [-0.15, -0.1) is 13.2 Å². The number of phenols is 1. The molecule has 1 aromatic carbocycles. The number of ether oxygens (including phenoxy) is 1. The van der Waals surface area contributed by atoms with Crippen molar-refractivity contribution in [2.45, 2.75) is 0 Å². The molecule has 0 aliphatic heterocycles. The van der Waals surface area contributed by atoms with Crippen LogP contribution < -0.4 is 5.73 Å². The number of hydrogen-bond acceptors (Lipinski definition) is 4. The number of carboxylic acids is 1. The minimum Gasteiger partial charge on any atom is -0.507 e. The predicted molar refractivity (Wildman–Crippen MR) is 70.7 cm³/mol. The Morgan fingerprint density at radius 3 is 2.28 bits per heavy atom. The highest BCUT2D eigenvalue weighted by atomic mass is 16.5. The van der Waals surface area contributed by atoms with Crippen molar-refractivity contribution >= 4 is 11.7 Å². The SMILES string of the molecule is C=CCOCC=C.Nc1ccc(O)c(C(=O)O)c1. The fourth-order valence-electron chi connectivity index (χ4n) is 0.960. The maximum atomic E-state index is 10.4. The lowest BCUT2D eigenvalue weighted by atomic mass is 10.2. The first-order chi connectivity index (χ1) is 8.52. The van der Waals surface area contributed by atoms with Gasteiger partial charge >= 0.3 is 5.97 Å². The van der Waals surface area contributed by atoms with E-state index in [9.17, 15) is 4.79 Å². The molecule has 0 aliphatic carbocycles. The zero-order chi connectivity index (χ0) is 14.0. The number of rotatable bonds is 5. The van der Waals surface area contributed by atoms with Gasteiger partial charge in [0.25, 0.3) is 0 Å². The third-order valence-corrected chi connectivity index (χ3v) is 1.72. The summed E-state index contributed by atoms with van der Waals surface area (Å²) >= 11 is 0. The Balaban J connectivity index is 0.000000360. The number of benzene rings is 1. The number of carbonyl (C=O) groups is 1. The molecule has 0 aromatic heterocycles. The minimum absolute atomic E-state index is 0.176. The van der Waals surface area contributed by atoms with Gasteiger partial charge < -0.3 is 20.7 Å². The number of nitrogen functional groups attached to an aromatic ring is 1. The summed E-state index contributed by atoms with van der Waals surface area (Å²) < 4.78 is 4.90. The molecule has 0 atom stereocenters. The molecular weight excluding hydrogens is 234 g/mol. The fraction of sp³-hybridized carbons (Fsp3) is 0.154. The Morgan fingerprint density at radius 1 is 1.33 bits per heavy atom. The molecule has 5 nitrogen and oxygen atoms in total. The zero-order valence-corrected chi connectivity index (χ0v) is 10.0. The van der Waals surface area contributed by atoms with E-state index in [1.807, 2.05) is 0 Å². The Kier molecular flexibility index (Phi) is 7.72. The summed E-state index contributed by atoms with van der Waals surface area (Å²) in [6.45, 7) is 8.18. The van der Waals surface area contributed by atoms with Crippen LogP contribution in [0.5, 0.6) is 5.75 Å². The van der Waals surface area contributed by atoms with Crippen molar-refractivity contribution < 1.29 is 19.7 Å². The van der Waals surface area contributed by atoms with E-state index in [0.717, 1.165) is 0 Å². The number of hydrogen-bond donors (Lipinski definition) is 3. The van der Waals surface area contributed by atoms with Gasteiger partial charge in [0.15, 0.2) is 0 Å². The van der Waals surface area contributed by atoms with Crippen LogP contribution >= 0.6 is 0 Å². The van der Waals surface area contributed by atoms with Crippen LogP contribution in [0.25, 0.3) is 0 Å². The molecule has 0 unspecified atom stereocenters. The van der Waals surface area contributed by atoms with Crippen molar-refractivity contribution in [3.8, 4) is 5.75 Å². The molecule has 0 bridgehead atoms. The summed E-state index contributed by atoms with van der Waals surface area (Å²) in [6.07, 6.45) is 3.42. The lowest BCUT2D eigenvalue weighted by Crippen LogP contribution is -1.97. The molecule has 18 heavy (non-hydrogen) atoms. The quantitative estimate of drug-likeness (QED) is 0.322. The Hall–Kier alpha value is -2.27. The molecule has 0 saturated heterocycles. The van der Waals surface area contributed by atoms with E-state index in [1.54, 1.807) is 12.2 Å². The first kappa shape index (κ1) is 15.7. The molecule has 1 aromatic rings. The number of carboxylic acid groups (broad SMARTS) is 1. The lowest BCUT2D eigenvalue weighted by Gasteiger charge is -1.98. The van der Waals surface area contributed by atoms with Gasteiger partial charge in [0, 0.05) is 5.69 Å². The van der Waals surface area contributed by atoms with Crippen molar-refractivity contribution in [2.24, 2.45) is 0 Å². The highest BCUT2D eigenvalue weighted by Crippen LogP contribution is 2.18. The van der Waals surface area contributed by atoms with Crippen LogP contribution in [0.15, 0.2) is 43.5 Å². The molecule has 0 fully saturated rings. The molecule has 1 rings (SSSR count). The predicted octanol–water partition coefficient (Wildman–Crippen LogP) is 2.05. The van der Waals surface area contributed by atoms with Crippen LogP contribution in [-0.2, 0) is 4.74 Å². The average Bonchev–Trinajstić information content (AvgIpc) is 2.33. The first-order valence-electron chi connectivity index (χ1n) is 5.14. The van der Waals surface area contributed by atoms with Crippen molar-refractivity contribution in [2.75, 3.05) is 18.9 Å².